The van der Waals surface area contributed by atoms with Crippen LogP contribution in [0, 0.1) is 13.8 Å². The lowest BCUT2D eigenvalue weighted by Gasteiger charge is -2.23. The molecule has 20 heavy (non-hydrogen) atoms. The van der Waals surface area contributed by atoms with E-state index in [0.29, 0.717) is 0 Å². The second kappa shape index (κ2) is 4.17. The smallest absolute Gasteiger partial charge is 0.0708 e. The van der Waals surface area contributed by atoms with E-state index in [1.807, 2.05) is 0 Å². The highest BCUT2D eigenvalue weighted by Gasteiger charge is 2.20. The van der Waals surface area contributed by atoms with Crippen molar-refractivity contribution < 1.29 is 0 Å². The number of fused-ring (bicyclic) bond motifs is 5. The second-order valence-corrected chi connectivity index (χ2v) is 5.78. The van der Waals surface area contributed by atoms with Gasteiger partial charge in [0.2, 0.25) is 0 Å². The Kier molecular flexibility index (Phi) is 2.43. The summed E-state index contributed by atoms with van der Waals surface area (Å²) in [6.07, 6.45) is 4.30. The maximum atomic E-state index is 4.61. The first-order valence-corrected chi connectivity index (χ1v) is 7.21. The minimum absolute atomic E-state index is 1.10. The third-order valence-corrected chi connectivity index (χ3v) is 4.38. The Bertz CT molecular complexity index is 831. The van der Waals surface area contributed by atoms with Gasteiger partial charge in [0.05, 0.1) is 5.52 Å². The minimum atomic E-state index is 1.10. The summed E-state index contributed by atoms with van der Waals surface area (Å²) in [6, 6.07) is 13.1. The topological polar surface area (TPSA) is 12.9 Å². The van der Waals surface area contributed by atoms with Crippen LogP contribution in [0.4, 0.5) is 0 Å². The van der Waals surface area contributed by atoms with E-state index in [0.717, 1.165) is 18.4 Å². The molecule has 4 rings (SSSR count). The summed E-state index contributed by atoms with van der Waals surface area (Å²) in [4.78, 5) is 4.61. The van der Waals surface area contributed by atoms with E-state index in [4.69, 9.17) is 0 Å². The molecule has 0 amide bonds. The molecule has 0 radical (unpaired) electrons. The molecule has 0 fully saturated rings. The van der Waals surface area contributed by atoms with Gasteiger partial charge in [0.1, 0.15) is 0 Å². The lowest BCUT2D eigenvalue weighted by molar-refractivity contribution is 0.925. The van der Waals surface area contributed by atoms with Crippen LogP contribution in [0.1, 0.15) is 22.3 Å². The average Bonchev–Trinajstić information content (AvgIpc) is 2.46. The molecule has 1 heterocycles. The van der Waals surface area contributed by atoms with Crippen molar-refractivity contribution >= 4 is 10.9 Å². The van der Waals surface area contributed by atoms with Crippen molar-refractivity contribution in [2.75, 3.05) is 0 Å². The zero-order valence-electron chi connectivity index (χ0n) is 11.9. The number of pyridine rings is 1. The van der Waals surface area contributed by atoms with Gasteiger partial charge in [-0.1, -0.05) is 35.9 Å². The first-order chi connectivity index (χ1) is 9.74. The SMILES string of the molecule is Cc1cc(C)c2c(c1)-c1c(cnc3ccccc13)CC2. The summed E-state index contributed by atoms with van der Waals surface area (Å²) in [5.74, 6) is 0. The lowest BCUT2D eigenvalue weighted by atomic mass is 9.82. The molecular weight excluding hydrogens is 242 g/mol. The normalized spacial score (nSPS) is 13.1. The van der Waals surface area contributed by atoms with Gasteiger partial charge in [-0.15, -0.1) is 0 Å². The second-order valence-electron chi connectivity index (χ2n) is 5.78. The van der Waals surface area contributed by atoms with Crippen molar-refractivity contribution in [1.82, 2.24) is 4.98 Å². The predicted molar refractivity (Wildman–Crippen MR) is 84.1 cm³/mol. The van der Waals surface area contributed by atoms with E-state index in [-0.39, 0.29) is 0 Å². The van der Waals surface area contributed by atoms with E-state index in [2.05, 4.69) is 61.4 Å². The molecule has 0 N–H and O–H groups in total. The molecule has 1 aromatic heterocycles. The van der Waals surface area contributed by atoms with Gasteiger partial charge in [0.25, 0.3) is 0 Å². The zero-order valence-corrected chi connectivity index (χ0v) is 11.9. The van der Waals surface area contributed by atoms with Crippen molar-refractivity contribution in [1.29, 1.82) is 0 Å². The van der Waals surface area contributed by atoms with Crippen LogP contribution in [-0.4, -0.2) is 4.98 Å². The van der Waals surface area contributed by atoms with Crippen LogP contribution in [-0.2, 0) is 12.8 Å². The number of hydrogen-bond donors (Lipinski definition) is 0. The van der Waals surface area contributed by atoms with Crippen molar-refractivity contribution in [3.8, 4) is 11.1 Å². The molecule has 0 bridgehead atoms. The maximum absolute atomic E-state index is 4.61. The monoisotopic (exact) mass is 259 g/mol. The van der Waals surface area contributed by atoms with Gasteiger partial charge in [-0.2, -0.15) is 0 Å². The number of benzene rings is 2. The molecule has 1 aliphatic carbocycles. The Morgan fingerprint density at radius 1 is 1.00 bits per heavy atom. The third-order valence-electron chi connectivity index (χ3n) is 4.38. The van der Waals surface area contributed by atoms with Crippen LogP contribution in [0.2, 0.25) is 0 Å². The van der Waals surface area contributed by atoms with Crippen LogP contribution in [0.25, 0.3) is 22.0 Å². The molecule has 98 valence electrons. The van der Waals surface area contributed by atoms with Crippen molar-refractivity contribution in [2.45, 2.75) is 26.7 Å². The molecule has 0 atom stereocenters. The lowest BCUT2D eigenvalue weighted by Crippen LogP contribution is -2.07. The number of aryl methyl sites for hydroxylation is 3. The summed E-state index contributed by atoms with van der Waals surface area (Å²) < 4.78 is 0. The molecular formula is C19H17N. The molecule has 0 spiro atoms. The molecule has 1 nitrogen and oxygen atoms in total. The number of rotatable bonds is 0. The summed E-state index contributed by atoms with van der Waals surface area (Å²) in [6.45, 7) is 4.42. The number of para-hydroxylation sites is 1. The summed E-state index contributed by atoms with van der Waals surface area (Å²) in [5, 5.41) is 1.29. The minimum Gasteiger partial charge on any atom is -0.256 e. The van der Waals surface area contributed by atoms with Crippen LogP contribution in [0.3, 0.4) is 0 Å². The van der Waals surface area contributed by atoms with Gasteiger partial charge in [-0.05, 0) is 60.6 Å². The molecule has 3 aromatic rings. The standard InChI is InChI=1S/C19H17N/c1-12-9-13(2)15-8-7-14-11-20-18-6-4-3-5-16(18)19(14)17(15)10-12/h3-6,9-11H,7-8H2,1-2H3. The summed E-state index contributed by atoms with van der Waals surface area (Å²) in [7, 11) is 0. The molecule has 0 unspecified atom stereocenters. The van der Waals surface area contributed by atoms with Crippen molar-refractivity contribution in [3.63, 3.8) is 0 Å². The highest BCUT2D eigenvalue weighted by Crippen LogP contribution is 2.39. The van der Waals surface area contributed by atoms with Crippen LogP contribution in [0.15, 0.2) is 42.6 Å². The van der Waals surface area contributed by atoms with Gasteiger partial charge in [0.15, 0.2) is 0 Å². The largest absolute Gasteiger partial charge is 0.256 e. The van der Waals surface area contributed by atoms with Crippen molar-refractivity contribution in [3.05, 3.63) is 64.8 Å². The van der Waals surface area contributed by atoms with Gasteiger partial charge >= 0.3 is 0 Å². The fraction of sp³-hybridized carbons (Fsp3) is 0.211. The van der Waals surface area contributed by atoms with E-state index < -0.39 is 0 Å². The van der Waals surface area contributed by atoms with Crippen LogP contribution < -0.4 is 0 Å². The van der Waals surface area contributed by atoms with Crippen LogP contribution in [0.5, 0.6) is 0 Å². The van der Waals surface area contributed by atoms with E-state index in [9.17, 15) is 0 Å². The highest BCUT2D eigenvalue weighted by molar-refractivity contribution is 5.97. The fourth-order valence-electron chi connectivity index (χ4n) is 3.50. The van der Waals surface area contributed by atoms with E-state index >= 15 is 0 Å². The number of aromatic nitrogens is 1. The molecule has 0 saturated heterocycles. The molecule has 0 aliphatic heterocycles. The Hall–Kier alpha value is -2.15. The van der Waals surface area contributed by atoms with Crippen LogP contribution >= 0.6 is 0 Å². The zero-order chi connectivity index (χ0) is 13.7. The van der Waals surface area contributed by atoms with Gasteiger partial charge in [-0.3, -0.25) is 4.98 Å². The Balaban J connectivity index is 2.15. The molecule has 0 saturated carbocycles. The average molecular weight is 259 g/mol. The van der Waals surface area contributed by atoms with E-state index in [1.54, 1.807) is 0 Å². The summed E-state index contributed by atoms with van der Waals surface area (Å²) >= 11 is 0. The van der Waals surface area contributed by atoms with Gasteiger partial charge < -0.3 is 0 Å². The van der Waals surface area contributed by atoms with Crippen molar-refractivity contribution in [2.24, 2.45) is 0 Å². The summed E-state index contributed by atoms with van der Waals surface area (Å²) in [5.41, 5.74) is 9.59. The Labute approximate surface area is 119 Å². The molecule has 1 heteroatoms. The Morgan fingerprint density at radius 2 is 1.85 bits per heavy atom. The molecule has 2 aromatic carbocycles. The number of nitrogens with zero attached hydrogens (tertiary/aromatic N) is 1. The van der Waals surface area contributed by atoms with E-state index in [1.165, 1.54) is 38.8 Å². The van der Waals surface area contributed by atoms with Gasteiger partial charge in [0, 0.05) is 11.6 Å². The first kappa shape index (κ1) is 11.7. The Morgan fingerprint density at radius 3 is 2.75 bits per heavy atom. The highest BCUT2D eigenvalue weighted by atomic mass is 14.7. The number of hydrogen-bond acceptors (Lipinski definition) is 1. The molecule has 1 aliphatic rings. The van der Waals surface area contributed by atoms with Gasteiger partial charge in [-0.25, -0.2) is 0 Å². The quantitative estimate of drug-likeness (QED) is 0.574. The first-order valence-electron chi connectivity index (χ1n) is 7.21. The third kappa shape index (κ3) is 1.59. The fourth-order valence-corrected chi connectivity index (χ4v) is 3.50. The maximum Gasteiger partial charge on any atom is 0.0708 e. The predicted octanol–water partition coefficient (Wildman–Crippen LogP) is 4.62.